The van der Waals surface area contributed by atoms with Crippen LogP contribution in [-0.4, -0.2) is 4.99 Å². The van der Waals surface area contributed by atoms with Crippen molar-refractivity contribution in [3.8, 4) is 0 Å². The Balaban J connectivity index is 2.34. The number of hydrogen-bond acceptors (Lipinski definition) is 2. The van der Waals surface area contributed by atoms with E-state index in [9.17, 15) is 4.39 Å². The number of halogens is 2. The van der Waals surface area contributed by atoms with Gasteiger partial charge in [-0.3, -0.25) is 0 Å². The number of nitrogens with two attached hydrogens (primary N) is 1. The summed E-state index contributed by atoms with van der Waals surface area (Å²) in [5, 5.41) is 3.14. The lowest BCUT2D eigenvalue weighted by Gasteiger charge is -2.11. The first-order valence-electron chi connectivity index (χ1n) is 5.19. The SMILES string of the molecule is NC(=S)c1ccccc1Nc1ccc(Cl)c(F)c1. The molecule has 2 aromatic carbocycles. The van der Waals surface area contributed by atoms with Gasteiger partial charge in [-0.25, -0.2) is 4.39 Å². The molecule has 2 aromatic rings. The quantitative estimate of drug-likeness (QED) is 0.839. The Hall–Kier alpha value is -1.65. The number of benzene rings is 2. The molecule has 0 saturated carbocycles. The van der Waals surface area contributed by atoms with Crippen molar-refractivity contribution in [3.63, 3.8) is 0 Å². The molecule has 0 spiro atoms. The Kier molecular flexibility index (Phi) is 3.79. The van der Waals surface area contributed by atoms with E-state index in [4.69, 9.17) is 29.6 Å². The van der Waals surface area contributed by atoms with Crippen LogP contribution in [0.15, 0.2) is 42.5 Å². The highest BCUT2D eigenvalue weighted by atomic mass is 35.5. The van der Waals surface area contributed by atoms with Gasteiger partial charge >= 0.3 is 0 Å². The van der Waals surface area contributed by atoms with E-state index in [1.807, 2.05) is 18.2 Å². The van der Waals surface area contributed by atoms with Gasteiger partial charge < -0.3 is 11.1 Å². The highest BCUT2D eigenvalue weighted by Crippen LogP contribution is 2.24. The second-order valence-electron chi connectivity index (χ2n) is 3.66. The molecule has 0 bridgehead atoms. The van der Waals surface area contributed by atoms with Crippen LogP contribution in [0, 0.1) is 5.82 Å². The zero-order valence-electron chi connectivity index (χ0n) is 9.28. The summed E-state index contributed by atoms with van der Waals surface area (Å²) >= 11 is 10.6. The minimum atomic E-state index is -0.477. The summed E-state index contributed by atoms with van der Waals surface area (Å²) in [4.78, 5) is 0.285. The smallest absolute Gasteiger partial charge is 0.143 e. The molecule has 0 aliphatic heterocycles. The van der Waals surface area contributed by atoms with Crippen molar-refractivity contribution in [2.75, 3.05) is 5.32 Å². The van der Waals surface area contributed by atoms with Crippen LogP contribution in [0.4, 0.5) is 15.8 Å². The highest BCUT2D eigenvalue weighted by Gasteiger charge is 2.06. The maximum absolute atomic E-state index is 13.3. The van der Waals surface area contributed by atoms with Crippen molar-refractivity contribution in [1.82, 2.24) is 0 Å². The summed E-state index contributed by atoms with van der Waals surface area (Å²) in [6.07, 6.45) is 0. The van der Waals surface area contributed by atoms with E-state index >= 15 is 0 Å². The van der Waals surface area contributed by atoms with Crippen molar-refractivity contribution in [3.05, 3.63) is 58.9 Å². The van der Waals surface area contributed by atoms with Crippen molar-refractivity contribution in [1.29, 1.82) is 0 Å². The number of para-hydroxylation sites is 1. The van der Waals surface area contributed by atoms with Crippen LogP contribution < -0.4 is 11.1 Å². The van der Waals surface area contributed by atoms with Crippen LogP contribution in [0.1, 0.15) is 5.56 Å². The fourth-order valence-corrected chi connectivity index (χ4v) is 1.83. The van der Waals surface area contributed by atoms with Gasteiger partial charge in [-0.2, -0.15) is 0 Å². The minimum Gasteiger partial charge on any atom is -0.389 e. The largest absolute Gasteiger partial charge is 0.389 e. The van der Waals surface area contributed by atoms with E-state index in [0.717, 1.165) is 5.69 Å². The number of thiocarbonyl (C=S) groups is 1. The minimum absolute atomic E-state index is 0.0863. The van der Waals surface area contributed by atoms with Gasteiger partial charge in [-0.15, -0.1) is 0 Å². The third-order valence-electron chi connectivity index (χ3n) is 2.39. The summed E-state index contributed by atoms with van der Waals surface area (Å²) in [6.45, 7) is 0. The van der Waals surface area contributed by atoms with Crippen LogP contribution in [0.2, 0.25) is 5.02 Å². The third-order valence-corrected chi connectivity index (χ3v) is 2.92. The zero-order valence-corrected chi connectivity index (χ0v) is 10.9. The standard InChI is InChI=1S/C13H10ClFN2S/c14-10-6-5-8(7-11(10)15)17-12-4-2-1-3-9(12)13(16)18/h1-7,17H,(H2,16,18). The van der Waals surface area contributed by atoms with Crippen LogP contribution in [0.3, 0.4) is 0 Å². The van der Waals surface area contributed by atoms with E-state index < -0.39 is 5.82 Å². The second kappa shape index (κ2) is 5.33. The third kappa shape index (κ3) is 2.78. The lowest BCUT2D eigenvalue weighted by molar-refractivity contribution is 0.629. The molecule has 18 heavy (non-hydrogen) atoms. The van der Waals surface area contributed by atoms with Gasteiger partial charge in [0.1, 0.15) is 10.8 Å². The molecule has 0 saturated heterocycles. The fraction of sp³-hybridized carbons (Fsp3) is 0. The molecular weight excluding hydrogens is 271 g/mol. The predicted octanol–water partition coefficient (Wildman–Crippen LogP) is 3.86. The maximum Gasteiger partial charge on any atom is 0.143 e. The van der Waals surface area contributed by atoms with Gasteiger partial charge in [-0.05, 0) is 30.3 Å². The lowest BCUT2D eigenvalue weighted by atomic mass is 10.1. The molecule has 0 aromatic heterocycles. The number of hydrogen-bond donors (Lipinski definition) is 2. The molecule has 0 aliphatic rings. The molecule has 0 radical (unpaired) electrons. The average Bonchev–Trinajstić information content (AvgIpc) is 2.34. The van der Waals surface area contributed by atoms with E-state index in [0.29, 0.717) is 11.3 Å². The Bertz CT molecular complexity index is 601. The Morgan fingerprint density at radius 1 is 1.22 bits per heavy atom. The lowest BCUT2D eigenvalue weighted by Crippen LogP contribution is -2.11. The molecule has 92 valence electrons. The molecule has 0 fully saturated rings. The van der Waals surface area contributed by atoms with Gasteiger partial charge in [0.2, 0.25) is 0 Å². The van der Waals surface area contributed by atoms with E-state index in [2.05, 4.69) is 5.32 Å². The van der Waals surface area contributed by atoms with Crippen molar-refractivity contribution < 1.29 is 4.39 Å². The Labute approximate surface area is 115 Å². The summed E-state index contributed by atoms with van der Waals surface area (Å²) < 4.78 is 13.3. The summed E-state index contributed by atoms with van der Waals surface area (Å²) in [6, 6.07) is 11.8. The molecule has 2 nitrogen and oxygen atoms in total. The second-order valence-corrected chi connectivity index (χ2v) is 4.51. The molecule has 0 atom stereocenters. The first-order chi connectivity index (χ1) is 8.58. The van der Waals surface area contributed by atoms with Gasteiger partial charge in [-0.1, -0.05) is 36.0 Å². The summed E-state index contributed by atoms with van der Waals surface area (Å²) in [5.41, 5.74) is 7.64. The topological polar surface area (TPSA) is 38.0 Å². The number of anilines is 2. The van der Waals surface area contributed by atoms with Crippen molar-refractivity contribution in [2.45, 2.75) is 0 Å². The highest BCUT2D eigenvalue weighted by molar-refractivity contribution is 7.80. The summed E-state index contributed by atoms with van der Waals surface area (Å²) in [5.74, 6) is -0.477. The number of rotatable bonds is 3. The molecule has 2 rings (SSSR count). The number of nitrogens with one attached hydrogen (secondary N) is 1. The summed E-state index contributed by atoms with van der Waals surface area (Å²) in [7, 11) is 0. The first kappa shape index (κ1) is 12.8. The molecule has 0 amide bonds. The van der Waals surface area contributed by atoms with Crippen LogP contribution in [0.25, 0.3) is 0 Å². The Morgan fingerprint density at radius 2 is 1.94 bits per heavy atom. The van der Waals surface area contributed by atoms with Gasteiger partial charge in [0.05, 0.1) is 5.02 Å². The van der Waals surface area contributed by atoms with Crippen LogP contribution in [0.5, 0.6) is 0 Å². The zero-order chi connectivity index (χ0) is 13.1. The molecule has 0 aliphatic carbocycles. The monoisotopic (exact) mass is 280 g/mol. The van der Waals surface area contributed by atoms with E-state index in [1.165, 1.54) is 12.1 Å². The molecule has 0 unspecified atom stereocenters. The Morgan fingerprint density at radius 3 is 2.61 bits per heavy atom. The molecule has 3 N–H and O–H groups in total. The first-order valence-corrected chi connectivity index (χ1v) is 5.97. The van der Waals surface area contributed by atoms with Crippen molar-refractivity contribution >= 4 is 40.2 Å². The maximum atomic E-state index is 13.3. The van der Waals surface area contributed by atoms with E-state index in [-0.39, 0.29) is 10.0 Å². The van der Waals surface area contributed by atoms with Crippen molar-refractivity contribution in [2.24, 2.45) is 5.73 Å². The van der Waals surface area contributed by atoms with Gasteiger partial charge in [0.15, 0.2) is 0 Å². The predicted molar refractivity (Wildman–Crippen MR) is 77.0 cm³/mol. The normalized spacial score (nSPS) is 10.1. The molecule has 5 heteroatoms. The van der Waals surface area contributed by atoms with Crippen LogP contribution in [-0.2, 0) is 0 Å². The molecular formula is C13H10ClFN2S. The molecule has 0 heterocycles. The average molecular weight is 281 g/mol. The fourth-order valence-electron chi connectivity index (χ4n) is 1.54. The van der Waals surface area contributed by atoms with Gasteiger partial charge in [0, 0.05) is 16.9 Å². The van der Waals surface area contributed by atoms with E-state index in [1.54, 1.807) is 12.1 Å². The van der Waals surface area contributed by atoms with Crippen LogP contribution >= 0.6 is 23.8 Å². The van der Waals surface area contributed by atoms with Gasteiger partial charge in [0.25, 0.3) is 0 Å².